The Labute approximate surface area is 165 Å². The summed E-state index contributed by atoms with van der Waals surface area (Å²) in [5.41, 5.74) is 6.16. The second-order valence-corrected chi connectivity index (χ2v) is 8.06. The molecule has 7 heteroatoms. The predicted octanol–water partition coefficient (Wildman–Crippen LogP) is 4.65. The summed E-state index contributed by atoms with van der Waals surface area (Å²) < 4.78 is 3.21. The van der Waals surface area contributed by atoms with E-state index in [-0.39, 0.29) is 12.0 Å². The highest BCUT2D eigenvalue weighted by atomic mass is 32.1. The van der Waals surface area contributed by atoms with Gasteiger partial charge >= 0.3 is 5.97 Å². The van der Waals surface area contributed by atoms with Gasteiger partial charge in [0.25, 0.3) is 0 Å². The Hall–Kier alpha value is -3.06. The minimum Gasteiger partial charge on any atom is -0.481 e. The van der Waals surface area contributed by atoms with Crippen LogP contribution in [-0.2, 0) is 4.79 Å². The van der Waals surface area contributed by atoms with Crippen LogP contribution in [0.3, 0.4) is 0 Å². The van der Waals surface area contributed by atoms with E-state index in [1.54, 1.807) is 17.7 Å². The maximum Gasteiger partial charge on any atom is 0.306 e. The summed E-state index contributed by atoms with van der Waals surface area (Å²) in [6.07, 6.45) is 3.90. The van der Waals surface area contributed by atoms with Gasteiger partial charge in [0.2, 0.25) is 0 Å². The number of hydrogen-bond donors (Lipinski definition) is 1. The van der Waals surface area contributed by atoms with Gasteiger partial charge in [0, 0.05) is 11.6 Å². The smallest absolute Gasteiger partial charge is 0.306 e. The molecular weight excluding hydrogens is 372 g/mol. The van der Waals surface area contributed by atoms with Gasteiger partial charge in [0.15, 0.2) is 5.82 Å². The largest absolute Gasteiger partial charge is 0.481 e. The van der Waals surface area contributed by atoms with E-state index in [0.29, 0.717) is 12.8 Å². The number of carbonyl (C=O) groups is 1. The van der Waals surface area contributed by atoms with Crippen LogP contribution >= 0.6 is 11.3 Å². The van der Waals surface area contributed by atoms with Gasteiger partial charge in [0.05, 0.1) is 21.6 Å². The Balaban J connectivity index is 1.42. The van der Waals surface area contributed by atoms with Gasteiger partial charge in [0.1, 0.15) is 6.33 Å². The van der Waals surface area contributed by atoms with E-state index in [9.17, 15) is 9.90 Å². The van der Waals surface area contributed by atoms with Crippen molar-refractivity contribution in [3.63, 3.8) is 0 Å². The van der Waals surface area contributed by atoms with Gasteiger partial charge in [-0.15, -0.1) is 21.5 Å². The highest BCUT2D eigenvalue weighted by Crippen LogP contribution is 2.37. The van der Waals surface area contributed by atoms with Crippen molar-refractivity contribution in [2.75, 3.05) is 0 Å². The van der Waals surface area contributed by atoms with E-state index in [1.807, 2.05) is 16.1 Å². The number of nitrogens with zero attached hydrogens (tertiary/aromatic N) is 4. The third kappa shape index (κ3) is 2.97. The van der Waals surface area contributed by atoms with Crippen LogP contribution in [0.2, 0.25) is 0 Å². The topological polar surface area (TPSA) is 80.9 Å². The van der Waals surface area contributed by atoms with Crippen LogP contribution in [0.15, 0.2) is 54.3 Å². The summed E-state index contributed by atoms with van der Waals surface area (Å²) in [7, 11) is 0. The molecule has 1 aliphatic rings. The Morgan fingerprint density at radius 2 is 1.86 bits per heavy atom. The molecule has 2 aromatic carbocycles. The maximum absolute atomic E-state index is 11.3. The lowest BCUT2D eigenvalue weighted by Crippen LogP contribution is -2.11. The lowest BCUT2D eigenvalue weighted by molar-refractivity contribution is -0.141. The van der Waals surface area contributed by atoms with Gasteiger partial charge < -0.3 is 9.67 Å². The number of benzene rings is 2. The molecule has 0 amide bonds. The molecule has 0 bridgehead atoms. The zero-order chi connectivity index (χ0) is 19.1. The van der Waals surface area contributed by atoms with E-state index in [1.165, 1.54) is 4.70 Å². The first-order valence-corrected chi connectivity index (χ1v) is 10.1. The molecule has 1 N–H and O–H groups in total. The zero-order valence-electron chi connectivity index (χ0n) is 15.0. The molecule has 2 heterocycles. The molecule has 0 aliphatic heterocycles. The minimum absolute atomic E-state index is 0.138. The summed E-state index contributed by atoms with van der Waals surface area (Å²) in [4.78, 5) is 15.6. The number of aromatic nitrogens is 4. The van der Waals surface area contributed by atoms with Crippen molar-refractivity contribution in [3.8, 4) is 22.5 Å². The van der Waals surface area contributed by atoms with Crippen LogP contribution in [-0.4, -0.2) is 30.8 Å². The Bertz CT molecular complexity index is 1150. The Morgan fingerprint density at radius 3 is 2.64 bits per heavy atom. The average Bonchev–Trinajstić information content (AvgIpc) is 3.47. The van der Waals surface area contributed by atoms with E-state index in [4.69, 9.17) is 0 Å². The average molecular weight is 390 g/mol. The number of rotatable bonds is 4. The molecule has 1 fully saturated rings. The maximum atomic E-state index is 11.3. The van der Waals surface area contributed by atoms with Crippen molar-refractivity contribution < 1.29 is 9.90 Å². The molecule has 1 saturated carbocycles. The standard InChI is InChI=1S/C21H18N4O2S/c26-21(27)16-5-7-17(9-16)25-11-23-24-20(25)14-3-1-13(2-4-14)15-6-8-18-19(10-15)28-12-22-18/h1-4,6,8,10-12,16-17H,5,7,9H2,(H,26,27)/t16-,17+/m0/s1. The summed E-state index contributed by atoms with van der Waals surface area (Å²) in [5.74, 6) is -0.191. The molecule has 0 saturated heterocycles. The van der Waals surface area contributed by atoms with Crippen LogP contribution in [0.5, 0.6) is 0 Å². The van der Waals surface area contributed by atoms with Gasteiger partial charge in [-0.1, -0.05) is 30.3 Å². The number of thiazole rings is 1. The summed E-state index contributed by atoms with van der Waals surface area (Å²) >= 11 is 1.64. The van der Waals surface area contributed by atoms with Crippen LogP contribution in [0, 0.1) is 5.92 Å². The second-order valence-electron chi connectivity index (χ2n) is 7.18. The highest BCUT2D eigenvalue weighted by Gasteiger charge is 2.32. The summed E-state index contributed by atoms with van der Waals surface area (Å²) in [6.45, 7) is 0. The minimum atomic E-state index is -0.709. The first kappa shape index (κ1) is 17.1. The Kier molecular flexibility index (Phi) is 4.16. The SMILES string of the molecule is O=C(O)[C@H]1CC[C@@H](n2cnnc2-c2ccc(-c3ccc4ncsc4c3)cc2)C1. The molecule has 0 spiro atoms. The fourth-order valence-electron chi connectivity index (χ4n) is 4.00. The van der Waals surface area contributed by atoms with Crippen LogP contribution in [0.25, 0.3) is 32.7 Å². The van der Waals surface area contributed by atoms with Gasteiger partial charge in [-0.3, -0.25) is 4.79 Å². The fourth-order valence-corrected chi connectivity index (χ4v) is 4.71. The number of carboxylic acid groups (broad SMARTS) is 1. The monoisotopic (exact) mass is 390 g/mol. The summed E-state index contributed by atoms with van der Waals surface area (Å²) in [6, 6.07) is 14.7. The lowest BCUT2D eigenvalue weighted by Gasteiger charge is -2.14. The quantitative estimate of drug-likeness (QED) is 0.549. The van der Waals surface area contributed by atoms with Crippen LogP contribution in [0.4, 0.5) is 0 Å². The van der Waals surface area contributed by atoms with E-state index in [2.05, 4.69) is 51.6 Å². The Morgan fingerprint density at radius 1 is 1.07 bits per heavy atom. The third-order valence-corrected chi connectivity index (χ3v) is 6.32. The van der Waals surface area contributed by atoms with Gasteiger partial charge in [-0.25, -0.2) is 4.98 Å². The molecule has 5 rings (SSSR count). The van der Waals surface area contributed by atoms with E-state index < -0.39 is 5.97 Å². The van der Waals surface area contributed by atoms with Crippen molar-refractivity contribution in [1.82, 2.24) is 19.7 Å². The third-order valence-electron chi connectivity index (χ3n) is 5.53. The predicted molar refractivity (Wildman–Crippen MR) is 108 cm³/mol. The first-order valence-electron chi connectivity index (χ1n) is 9.25. The lowest BCUT2D eigenvalue weighted by atomic mass is 10.0. The molecule has 1 aliphatic carbocycles. The van der Waals surface area contributed by atoms with Crippen molar-refractivity contribution in [1.29, 1.82) is 0 Å². The molecule has 4 aromatic rings. The van der Waals surface area contributed by atoms with E-state index in [0.717, 1.165) is 34.5 Å². The van der Waals surface area contributed by atoms with Crippen molar-refractivity contribution >= 4 is 27.5 Å². The molecule has 28 heavy (non-hydrogen) atoms. The molecule has 6 nitrogen and oxygen atoms in total. The summed E-state index contributed by atoms with van der Waals surface area (Å²) in [5, 5.41) is 17.6. The number of carboxylic acids is 1. The van der Waals surface area contributed by atoms with Crippen LogP contribution in [0.1, 0.15) is 25.3 Å². The number of fused-ring (bicyclic) bond motifs is 1. The van der Waals surface area contributed by atoms with Crippen molar-refractivity contribution in [2.45, 2.75) is 25.3 Å². The van der Waals surface area contributed by atoms with Gasteiger partial charge in [-0.2, -0.15) is 0 Å². The molecule has 2 aromatic heterocycles. The number of aliphatic carboxylic acids is 1. The molecule has 0 unspecified atom stereocenters. The normalized spacial score (nSPS) is 19.3. The van der Waals surface area contributed by atoms with Crippen molar-refractivity contribution in [2.24, 2.45) is 5.92 Å². The first-order chi connectivity index (χ1) is 13.7. The fraction of sp³-hybridized carbons (Fsp3) is 0.238. The van der Waals surface area contributed by atoms with E-state index >= 15 is 0 Å². The van der Waals surface area contributed by atoms with Gasteiger partial charge in [-0.05, 0) is 42.5 Å². The second kappa shape index (κ2) is 6.83. The zero-order valence-corrected chi connectivity index (χ0v) is 15.8. The van der Waals surface area contributed by atoms with Crippen molar-refractivity contribution in [3.05, 3.63) is 54.3 Å². The molecule has 140 valence electrons. The number of hydrogen-bond acceptors (Lipinski definition) is 5. The molecular formula is C21H18N4O2S. The molecule has 0 radical (unpaired) electrons. The highest BCUT2D eigenvalue weighted by molar-refractivity contribution is 7.16. The van der Waals surface area contributed by atoms with Crippen LogP contribution < -0.4 is 0 Å². The molecule has 2 atom stereocenters.